The normalized spacial score (nSPS) is 38.8. The molecule has 0 bridgehead atoms. The topological polar surface area (TPSA) is 24.5 Å². The summed E-state index contributed by atoms with van der Waals surface area (Å²) in [7, 11) is 1.86. The van der Waals surface area contributed by atoms with E-state index in [2.05, 4.69) is 17.1 Å². The maximum absolute atomic E-state index is 14.0. The molecule has 1 N–H and O–H groups in total. The summed E-state index contributed by atoms with van der Waals surface area (Å²) in [6, 6.07) is 0.559. The van der Waals surface area contributed by atoms with Gasteiger partial charge in [0.25, 0.3) is 0 Å². The van der Waals surface area contributed by atoms with E-state index in [0.717, 1.165) is 32.6 Å². The highest BCUT2D eigenvalue weighted by molar-refractivity contribution is 4.91. The van der Waals surface area contributed by atoms with Gasteiger partial charge in [-0.3, -0.25) is 4.90 Å². The molecule has 0 spiro atoms. The van der Waals surface area contributed by atoms with Crippen LogP contribution in [0.15, 0.2) is 0 Å². The van der Waals surface area contributed by atoms with Gasteiger partial charge in [-0.25, -0.2) is 4.39 Å². The van der Waals surface area contributed by atoms with E-state index in [1.54, 1.807) is 0 Å². The molecule has 2 aliphatic rings. The number of hydrogen-bond donors (Lipinski definition) is 1. The van der Waals surface area contributed by atoms with Crippen LogP contribution in [-0.4, -0.2) is 56.5 Å². The number of piperidine rings is 1. The van der Waals surface area contributed by atoms with Crippen molar-refractivity contribution in [3.63, 3.8) is 0 Å². The van der Waals surface area contributed by atoms with Gasteiger partial charge in [0.1, 0.15) is 6.17 Å². The van der Waals surface area contributed by atoms with E-state index in [1.165, 1.54) is 0 Å². The molecule has 3 atom stereocenters. The smallest absolute Gasteiger partial charge is 0.128 e. The van der Waals surface area contributed by atoms with Gasteiger partial charge in [0.2, 0.25) is 0 Å². The van der Waals surface area contributed by atoms with Crippen LogP contribution in [0.4, 0.5) is 4.39 Å². The van der Waals surface area contributed by atoms with Crippen molar-refractivity contribution < 1.29 is 9.13 Å². The average Bonchev–Trinajstić information content (AvgIpc) is 2.30. The van der Waals surface area contributed by atoms with Gasteiger partial charge in [0.15, 0.2) is 0 Å². The SMILES string of the molecule is CN[C@H]1[C@H](C)CN(C2CCOCC2)C[C@H]1F. The number of hydrogen-bond acceptors (Lipinski definition) is 3. The van der Waals surface area contributed by atoms with Crippen LogP contribution in [0.1, 0.15) is 19.8 Å². The number of halogens is 1. The van der Waals surface area contributed by atoms with Gasteiger partial charge in [-0.2, -0.15) is 0 Å². The predicted octanol–water partition coefficient (Wildman–Crippen LogP) is 1.04. The minimum Gasteiger partial charge on any atom is -0.381 e. The number of rotatable bonds is 2. The Balaban J connectivity index is 1.92. The summed E-state index contributed by atoms with van der Waals surface area (Å²) >= 11 is 0. The van der Waals surface area contributed by atoms with Crippen molar-refractivity contribution in [2.45, 2.75) is 38.0 Å². The molecule has 0 aliphatic carbocycles. The minimum absolute atomic E-state index is 0.0242. The molecule has 16 heavy (non-hydrogen) atoms. The molecule has 2 fully saturated rings. The third kappa shape index (κ3) is 2.55. The van der Waals surface area contributed by atoms with Crippen molar-refractivity contribution in [2.24, 2.45) is 5.92 Å². The Labute approximate surface area is 97.3 Å². The fraction of sp³-hybridized carbons (Fsp3) is 1.00. The lowest BCUT2D eigenvalue weighted by molar-refractivity contribution is -0.00984. The fourth-order valence-corrected chi connectivity index (χ4v) is 3.07. The summed E-state index contributed by atoms with van der Waals surface area (Å²) in [5, 5.41) is 3.10. The first-order valence-electron chi connectivity index (χ1n) is 6.35. The molecular formula is C12H23FN2O. The lowest BCUT2D eigenvalue weighted by Gasteiger charge is -2.43. The molecule has 0 saturated carbocycles. The summed E-state index contributed by atoms with van der Waals surface area (Å²) in [6.45, 7) is 5.40. The zero-order valence-electron chi connectivity index (χ0n) is 10.3. The number of nitrogens with zero attached hydrogens (tertiary/aromatic N) is 1. The van der Waals surface area contributed by atoms with Gasteiger partial charge in [-0.1, -0.05) is 6.92 Å². The highest BCUT2D eigenvalue weighted by Gasteiger charge is 2.36. The fourth-order valence-electron chi connectivity index (χ4n) is 3.07. The molecule has 0 aromatic heterocycles. The minimum atomic E-state index is -0.739. The molecule has 4 heteroatoms. The van der Waals surface area contributed by atoms with E-state index < -0.39 is 6.17 Å². The Bertz CT molecular complexity index is 209. The molecule has 94 valence electrons. The van der Waals surface area contributed by atoms with Crippen LogP contribution in [0.25, 0.3) is 0 Å². The van der Waals surface area contributed by atoms with Gasteiger partial charge in [0.05, 0.1) is 0 Å². The van der Waals surface area contributed by atoms with Gasteiger partial charge < -0.3 is 10.1 Å². The van der Waals surface area contributed by atoms with Gasteiger partial charge in [0, 0.05) is 38.4 Å². The van der Waals surface area contributed by atoms with E-state index in [-0.39, 0.29) is 6.04 Å². The maximum Gasteiger partial charge on any atom is 0.128 e. The van der Waals surface area contributed by atoms with Gasteiger partial charge in [-0.05, 0) is 25.8 Å². The first-order chi connectivity index (χ1) is 7.72. The van der Waals surface area contributed by atoms with Crippen LogP contribution in [0.5, 0.6) is 0 Å². The molecular weight excluding hydrogens is 207 g/mol. The van der Waals surface area contributed by atoms with Crippen molar-refractivity contribution in [2.75, 3.05) is 33.4 Å². The molecule has 2 saturated heterocycles. The summed E-state index contributed by atoms with van der Waals surface area (Å²) < 4.78 is 19.3. The number of likely N-dealkylation sites (tertiary alicyclic amines) is 1. The molecule has 0 unspecified atom stereocenters. The standard InChI is InChI=1S/C12H23FN2O/c1-9-7-15(8-11(13)12(9)14-2)10-3-5-16-6-4-10/h9-12,14H,3-8H2,1-2H3/t9-,11-,12+/m1/s1. The van der Waals surface area contributed by atoms with E-state index in [4.69, 9.17) is 4.74 Å². The van der Waals surface area contributed by atoms with Crippen LogP contribution in [0.2, 0.25) is 0 Å². The lowest BCUT2D eigenvalue weighted by atomic mass is 9.90. The van der Waals surface area contributed by atoms with Crippen molar-refractivity contribution in [3.8, 4) is 0 Å². The Kier molecular flexibility index (Phi) is 4.16. The Morgan fingerprint density at radius 1 is 1.25 bits per heavy atom. The molecule has 3 nitrogen and oxygen atoms in total. The Morgan fingerprint density at radius 2 is 1.94 bits per heavy atom. The zero-order chi connectivity index (χ0) is 11.5. The highest BCUT2D eigenvalue weighted by Crippen LogP contribution is 2.24. The second-order valence-corrected chi connectivity index (χ2v) is 5.11. The Hall–Kier alpha value is -0.190. The molecule has 0 aromatic rings. The third-order valence-corrected chi connectivity index (χ3v) is 3.97. The first-order valence-corrected chi connectivity index (χ1v) is 6.35. The van der Waals surface area contributed by atoms with Crippen LogP contribution in [0, 0.1) is 5.92 Å². The summed E-state index contributed by atoms with van der Waals surface area (Å²) in [4.78, 5) is 2.33. The molecule has 0 aromatic carbocycles. The van der Waals surface area contributed by atoms with Crippen LogP contribution >= 0.6 is 0 Å². The monoisotopic (exact) mass is 230 g/mol. The first kappa shape index (κ1) is 12.3. The number of nitrogens with one attached hydrogen (secondary N) is 1. The molecule has 0 amide bonds. The zero-order valence-corrected chi connectivity index (χ0v) is 10.3. The molecule has 2 aliphatic heterocycles. The van der Waals surface area contributed by atoms with Crippen LogP contribution < -0.4 is 5.32 Å². The predicted molar refractivity (Wildman–Crippen MR) is 62.3 cm³/mol. The highest BCUT2D eigenvalue weighted by atomic mass is 19.1. The second-order valence-electron chi connectivity index (χ2n) is 5.11. The molecule has 2 rings (SSSR count). The van der Waals surface area contributed by atoms with Crippen molar-refractivity contribution in [1.82, 2.24) is 10.2 Å². The number of alkyl halides is 1. The van der Waals surface area contributed by atoms with E-state index in [1.807, 2.05) is 7.05 Å². The van der Waals surface area contributed by atoms with Crippen LogP contribution in [-0.2, 0) is 4.74 Å². The van der Waals surface area contributed by atoms with E-state index >= 15 is 0 Å². The van der Waals surface area contributed by atoms with E-state index in [0.29, 0.717) is 18.5 Å². The average molecular weight is 230 g/mol. The van der Waals surface area contributed by atoms with Gasteiger partial charge in [-0.15, -0.1) is 0 Å². The molecule has 2 heterocycles. The van der Waals surface area contributed by atoms with Crippen molar-refractivity contribution in [1.29, 1.82) is 0 Å². The largest absolute Gasteiger partial charge is 0.381 e. The van der Waals surface area contributed by atoms with Gasteiger partial charge >= 0.3 is 0 Å². The van der Waals surface area contributed by atoms with Crippen molar-refractivity contribution in [3.05, 3.63) is 0 Å². The number of ether oxygens (including phenoxy) is 1. The summed E-state index contributed by atoms with van der Waals surface area (Å²) in [5.41, 5.74) is 0. The molecule has 0 radical (unpaired) electrons. The lowest BCUT2D eigenvalue weighted by Crippen LogP contribution is -2.57. The maximum atomic E-state index is 14.0. The second kappa shape index (κ2) is 5.43. The summed E-state index contributed by atoms with van der Waals surface area (Å²) in [5.74, 6) is 0.386. The summed E-state index contributed by atoms with van der Waals surface area (Å²) in [6.07, 6.45) is 1.38. The Morgan fingerprint density at radius 3 is 2.50 bits per heavy atom. The third-order valence-electron chi connectivity index (χ3n) is 3.97. The van der Waals surface area contributed by atoms with Crippen LogP contribution in [0.3, 0.4) is 0 Å². The van der Waals surface area contributed by atoms with Crippen molar-refractivity contribution >= 4 is 0 Å². The quantitative estimate of drug-likeness (QED) is 0.767. The van der Waals surface area contributed by atoms with E-state index in [9.17, 15) is 4.39 Å².